The van der Waals surface area contributed by atoms with Crippen LogP contribution in [0, 0.1) is 25.2 Å². The van der Waals surface area contributed by atoms with Crippen LogP contribution in [-0.2, 0) is 6.54 Å². The smallest absolute Gasteiger partial charge is 0.189 e. The van der Waals surface area contributed by atoms with E-state index in [1.807, 2.05) is 18.4 Å². The molecule has 6 heteroatoms. The van der Waals surface area contributed by atoms with Crippen LogP contribution in [0.5, 0.6) is 0 Å². The lowest BCUT2D eigenvalue weighted by Gasteiger charge is -2.57. The molecule has 0 N–H and O–H groups in total. The van der Waals surface area contributed by atoms with E-state index in [4.69, 9.17) is 10.2 Å². The molecule has 5 rings (SSSR count). The van der Waals surface area contributed by atoms with Gasteiger partial charge in [0.2, 0.25) is 0 Å². The zero-order valence-corrected chi connectivity index (χ0v) is 16.3. The van der Waals surface area contributed by atoms with Crippen molar-refractivity contribution in [2.75, 3.05) is 24.2 Å². The fourth-order valence-corrected chi connectivity index (χ4v) is 4.41. The highest BCUT2D eigenvalue weighted by Gasteiger charge is 2.45. The zero-order chi connectivity index (χ0) is 18.3. The average Bonchev–Trinajstić information content (AvgIpc) is 2.68. The Bertz CT molecular complexity index is 846. The summed E-state index contributed by atoms with van der Waals surface area (Å²) in [4.78, 5) is 14.4. The van der Waals surface area contributed by atoms with Gasteiger partial charge in [0.15, 0.2) is 5.16 Å². The summed E-state index contributed by atoms with van der Waals surface area (Å²) in [6.45, 7) is 7.22. The highest BCUT2D eigenvalue weighted by atomic mass is 32.2. The van der Waals surface area contributed by atoms with Gasteiger partial charge in [0, 0.05) is 43.0 Å². The fourth-order valence-electron chi connectivity index (χ4n) is 4.00. The van der Waals surface area contributed by atoms with Crippen molar-refractivity contribution < 1.29 is 0 Å². The number of hydrogen-bond acceptors (Lipinski definition) is 6. The number of piperidine rings is 1. The molecule has 1 aromatic carbocycles. The van der Waals surface area contributed by atoms with Crippen LogP contribution in [0.15, 0.2) is 29.4 Å². The van der Waals surface area contributed by atoms with Crippen LogP contribution in [0.1, 0.15) is 28.8 Å². The lowest BCUT2D eigenvalue weighted by atomic mass is 9.86. The Morgan fingerprint density at radius 1 is 1.15 bits per heavy atom. The first-order valence-electron chi connectivity index (χ1n) is 8.98. The van der Waals surface area contributed by atoms with Gasteiger partial charge < -0.3 is 4.90 Å². The van der Waals surface area contributed by atoms with Crippen LogP contribution in [-0.4, -0.2) is 46.3 Å². The number of hydrogen-bond donors (Lipinski definition) is 0. The van der Waals surface area contributed by atoms with E-state index in [1.165, 1.54) is 17.5 Å². The second kappa shape index (κ2) is 6.90. The van der Waals surface area contributed by atoms with E-state index < -0.39 is 0 Å². The molecule has 5 nitrogen and oxygen atoms in total. The molecule has 0 amide bonds. The third-order valence-corrected chi connectivity index (χ3v) is 6.17. The normalized spacial score (nSPS) is 22.0. The standard InChI is InChI=1S/C20H23N5S/c1-13-14(2)22-20(26-3)23-19(13)24-11-17-8-18(12-24)25(17)10-16-6-4-15(9-21)5-7-16/h4-7,17-18H,8,10-12H2,1-3H3. The van der Waals surface area contributed by atoms with Gasteiger partial charge in [-0.15, -0.1) is 0 Å². The first kappa shape index (κ1) is 17.3. The SMILES string of the molecule is CSc1nc(C)c(C)c(N2CC3CC(C2)N3Cc2ccc(C#N)cc2)n1. The summed E-state index contributed by atoms with van der Waals surface area (Å²) in [6, 6.07) is 11.3. The number of thioether (sulfide) groups is 1. The van der Waals surface area contributed by atoms with Gasteiger partial charge in [0.1, 0.15) is 5.82 Å². The highest BCUT2D eigenvalue weighted by Crippen LogP contribution is 2.36. The predicted octanol–water partition coefficient (Wildman–Crippen LogP) is 3.15. The van der Waals surface area contributed by atoms with Crippen molar-refractivity contribution in [1.29, 1.82) is 5.26 Å². The summed E-state index contributed by atoms with van der Waals surface area (Å²) >= 11 is 1.60. The van der Waals surface area contributed by atoms with Gasteiger partial charge in [0.25, 0.3) is 0 Å². The van der Waals surface area contributed by atoms with Gasteiger partial charge >= 0.3 is 0 Å². The number of piperazine rings is 1. The highest BCUT2D eigenvalue weighted by molar-refractivity contribution is 7.98. The van der Waals surface area contributed by atoms with Crippen LogP contribution in [0.25, 0.3) is 0 Å². The summed E-state index contributed by atoms with van der Waals surface area (Å²) in [6.07, 6.45) is 3.30. The van der Waals surface area contributed by atoms with Crippen LogP contribution in [0.2, 0.25) is 0 Å². The van der Waals surface area contributed by atoms with Crippen molar-refractivity contribution in [3.8, 4) is 6.07 Å². The molecule has 1 aromatic heterocycles. The van der Waals surface area contributed by atoms with E-state index in [2.05, 4.69) is 46.8 Å². The van der Waals surface area contributed by atoms with Crippen molar-refractivity contribution in [3.05, 3.63) is 46.6 Å². The number of rotatable bonds is 4. The summed E-state index contributed by atoms with van der Waals surface area (Å²) in [5, 5.41) is 9.80. The molecule has 2 aromatic rings. The van der Waals surface area contributed by atoms with Crippen molar-refractivity contribution in [1.82, 2.24) is 14.9 Å². The number of anilines is 1. The number of aromatic nitrogens is 2. The number of nitriles is 1. The molecule has 3 fully saturated rings. The molecule has 2 unspecified atom stereocenters. The lowest BCUT2D eigenvalue weighted by Crippen LogP contribution is -2.68. The molecule has 3 saturated heterocycles. The van der Waals surface area contributed by atoms with E-state index in [9.17, 15) is 0 Å². The molecule has 0 radical (unpaired) electrons. The number of benzene rings is 1. The van der Waals surface area contributed by atoms with Gasteiger partial charge in [-0.1, -0.05) is 23.9 Å². The van der Waals surface area contributed by atoms with E-state index in [0.717, 1.165) is 41.9 Å². The quantitative estimate of drug-likeness (QED) is 0.613. The molecule has 0 spiro atoms. The Hall–Kier alpha value is -2.10. The molecule has 134 valence electrons. The fraction of sp³-hybridized carbons (Fsp3) is 0.450. The Morgan fingerprint density at radius 2 is 1.85 bits per heavy atom. The number of aryl methyl sites for hydroxylation is 1. The summed E-state index contributed by atoms with van der Waals surface area (Å²) < 4.78 is 0. The molecule has 26 heavy (non-hydrogen) atoms. The molecule has 0 aliphatic carbocycles. The Morgan fingerprint density at radius 3 is 2.46 bits per heavy atom. The minimum absolute atomic E-state index is 0.580. The molecule has 2 bridgehead atoms. The molecular formula is C20H23N5S. The van der Waals surface area contributed by atoms with E-state index in [0.29, 0.717) is 12.1 Å². The van der Waals surface area contributed by atoms with Crippen LogP contribution in [0.4, 0.5) is 5.82 Å². The number of nitrogens with zero attached hydrogens (tertiary/aromatic N) is 5. The maximum atomic E-state index is 8.94. The average molecular weight is 366 g/mol. The lowest BCUT2D eigenvalue weighted by molar-refractivity contribution is -0.00876. The van der Waals surface area contributed by atoms with Gasteiger partial charge in [-0.3, -0.25) is 4.90 Å². The van der Waals surface area contributed by atoms with E-state index >= 15 is 0 Å². The second-order valence-electron chi connectivity index (χ2n) is 7.17. The first-order chi connectivity index (χ1) is 12.6. The second-order valence-corrected chi connectivity index (χ2v) is 7.95. The molecule has 3 aliphatic rings. The van der Waals surface area contributed by atoms with E-state index in [-0.39, 0.29) is 0 Å². The van der Waals surface area contributed by atoms with Gasteiger partial charge in [0.05, 0.1) is 11.6 Å². The van der Waals surface area contributed by atoms with Gasteiger partial charge in [-0.2, -0.15) is 5.26 Å². The van der Waals surface area contributed by atoms with E-state index in [1.54, 1.807) is 11.8 Å². The van der Waals surface area contributed by atoms with Crippen LogP contribution < -0.4 is 4.90 Å². The Kier molecular flexibility index (Phi) is 4.60. The first-order valence-corrected chi connectivity index (χ1v) is 10.2. The summed E-state index contributed by atoms with van der Waals surface area (Å²) in [7, 11) is 0. The zero-order valence-electron chi connectivity index (χ0n) is 15.4. The molecule has 2 atom stereocenters. The molecule has 3 aliphatic heterocycles. The van der Waals surface area contributed by atoms with Gasteiger partial charge in [-0.25, -0.2) is 9.97 Å². The largest absolute Gasteiger partial charge is 0.353 e. The maximum Gasteiger partial charge on any atom is 0.189 e. The van der Waals surface area contributed by atoms with Crippen molar-refractivity contribution in [3.63, 3.8) is 0 Å². The van der Waals surface area contributed by atoms with Crippen LogP contribution >= 0.6 is 11.8 Å². The van der Waals surface area contributed by atoms with Crippen molar-refractivity contribution in [2.24, 2.45) is 0 Å². The topological polar surface area (TPSA) is 56.1 Å². The van der Waals surface area contributed by atoms with Crippen molar-refractivity contribution >= 4 is 17.6 Å². The Balaban J connectivity index is 1.47. The third kappa shape index (κ3) is 3.06. The number of fused-ring (bicyclic) bond motifs is 2. The minimum Gasteiger partial charge on any atom is -0.353 e. The maximum absolute atomic E-state index is 8.94. The molecule has 0 saturated carbocycles. The predicted molar refractivity (Wildman–Crippen MR) is 104 cm³/mol. The monoisotopic (exact) mass is 365 g/mol. The Labute approximate surface area is 159 Å². The van der Waals surface area contributed by atoms with Crippen LogP contribution in [0.3, 0.4) is 0 Å². The minimum atomic E-state index is 0.580. The van der Waals surface area contributed by atoms with Crippen molar-refractivity contribution in [2.45, 2.75) is 44.1 Å². The molecule has 4 heterocycles. The summed E-state index contributed by atoms with van der Waals surface area (Å²) in [5.41, 5.74) is 4.28. The van der Waals surface area contributed by atoms with Gasteiger partial charge in [-0.05, 0) is 44.2 Å². The third-order valence-electron chi connectivity index (χ3n) is 5.62. The summed E-state index contributed by atoms with van der Waals surface area (Å²) in [5.74, 6) is 1.11. The molecular weight excluding hydrogens is 342 g/mol.